The van der Waals surface area contributed by atoms with Gasteiger partial charge in [0.15, 0.2) is 5.65 Å². The van der Waals surface area contributed by atoms with Crippen LogP contribution in [0.2, 0.25) is 0 Å². The highest BCUT2D eigenvalue weighted by atomic mass is 15.3. The highest BCUT2D eigenvalue weighted by Crippen LogP contribution is 2.28. The number of fused-ring (bicyclic) bond motifs is 1. The average molecular weight is 244 g/mol. The minimum absolute atomic E-state index is 0.749. The lowest BCUT2D eigenvalue weighted by molar-refractivity contribution is 0.293. The SMILES string of the molecule is CC1CCCC(CNc2nc3ccccn3n2)C1. The van der Waals surface area contributed by atoms with E-state index in [1.54, 1.807) is 0 Å². The molecule has 0 aliphatic heterocycles. The van der Waals surface area contributed by atoms with Crippen molar-refractivity contribution >= 4 is 11.6 Å². The first kappa shape index (κ1) is 11.5. The number of anilines is 1. The van der Waals surface area contributed by atoms with E-state index in [0.29, 0.717) is 0 Å². The largest absolute Gasteiger partial charge is 0.353 e. The topological polar surface area (TPSA) is 42.2 Å². The zero-order valence-electron chi connectivity index (χ0n) is 10.8. The van der Waals surface area contributed by atoms with Crippen LogP contribution in [0.15, 0.2) is 24.4 Å². The average Bonchev–Trinajstić information content (AvgIpc) is 2.79. The Hall–Kier alpha value is -1.58. The summed E-state index contributed by atoms with van der Waals surface area (Å²) in [6, 6.07) is 5.92. The lowest BCUT2D eigenvalue weighted by atomic mass is 9.82. The summed E-state index contributed by atoms with van der Waals surface area (Å²) >= 11 is 0. The Labute approximate surface area is 107 Å². The number of hydrogen-bond donors (Lipinski definition) is 1. The second kappa shape index (κ2) is 4.96. The van der Waals surface area contributed by atoms with Gasteiger partial charge in [0.1, 0.15) is 0 Å². The number of hydrogen-bond acceptors (Lipinski definition) is 3. The first-order chi connectivity index (χ1) is 8.81. The van der Waals surface area contributed by atoms with Crippen molar-refractivity contribution in [1.29, 1.82) is 0 Å². The van der Waals surface area contributed by atoms with E-state index in [4.69, 9.17) is 0 Å². The van der Waals surface area contributed by atoms with E-state index in [1.165, 1.54) is 25.7 Å². The van der Waals surface area contributed by atoms with E-state index in [0.717, 1.165) is 30.0 Å². The Bertz CT molecular complexity index is 486. The predicted molar refractivity (Wildman–Crippen MR) is 72.6 cm³/mol. The van der Waals surface area contributed by atoms with Crippen molar-refractivity contribution in [1.82, 2.24) is 14.6 Å². The molecule has 0 amide bonds. The molecule has 2 aromatic rings. The molecule has 2 aromatic heterocycles. The Morgan fingerprint density at radius 2 is 2.33 bits per heavy atom. The molecule has 0 aromatic carbocycles. The second-order valence-electron chi connectivity index (χ2n) is 5.46. The highest BCUT2D eigenvalue weighted by Gasteiger charge is 2.18. The van der Waals surface area contributed by atoms with Crippen LogP contribution in [0.5, 0.6) is 0 Å². The number of pyridine rings is 1. The molecule has 1 N–H and O–H groups in total. The summed E-state index contributed by atoms with van der Waals surface area (Å²) in [6.07, 6.45) is 7.36. The van der Waals surface area contributed by atoms with E-state index in [-0.39, 0.29) is 0 Å². The van der Waals surface area contributed by atoms with Gasteiger partial charge in [-0.15, -0.1) is 5.10 Å². The molecule has 96 valence electrons. The number of nitrogens with zero attached hydrogens (tertiary/aromatic N) is 3. The molecule has 0 spiro atoms. The van der Waals surface area contributed by atoms with Gasteiger partial charge in [0.25, 0.3) is 0 Å². The second-order valence-corrected chi connectivity index (χ2v) is 5.46. The molecule has 1 aliphatic carbocycles. The Kier molecular flexibility index (Phi) is 3.17. The van der Waals surface area contributed by atoms with Gasteiger partial charge in [0.05, 0.1) is 0 Å². The van der Waals surface area contributed by atoms with Crippen molar-refractivity contribution in [3.8, 4) is 0 Å². The van der Waals surface area contributed by atoms with Crippen LogP contribution in [0.3, 0.4) is 0 Å². The molecular formula is C14H20N4. The van der Waals surface area contributed by atoms with Crippen LogP contribution in [0, 0.1) is 11.8 Å². The van der Waals surface area contributed by atoms with Gasteiger partial charge in [-0.05, 0) is 36.8 Å². The summed E-state index contributed by atoms with van der Waals surface area (Å²) < 4.78 is 1.81. The third kappa shape index (κ3) is 2.47. The first-order valence-electron chi connectivity index (χ1n) is 6.86. The van der Waals surface area contributed by atoms with Crippen molar-refractivity contribution in [2.24, 2.45) is 11.8 Å². The number of aromatic nitrogens is 3. The number of nitrogens with one attached hydrogen (secondary N) is 1. The summed E-state index contributed by atoms with van der Waals surface area (Å²) in [4.78, 5) is 4.46. The van der Waals surface area contributed by atoms with Crippen molar-refractivity contribution in [3.05, 3.63) is 24.4 Å². The fourth-order valence-electron chi connectivity index (χ4n) is 2.89. The van der Waals surface area contributed by atoms with Gasteiger partial charge in [0.2, 0.25) is 5.95 Å². The summed E-state index contributed by atoms with van der Waals surface area (Å²) in [7, 11) is 0. The zero-order chi connectivity index (χ0) is 12.4. The highest BCUT2D eigenvalue weighted by molar-refractivity contribution is 5.42. The van der Waals surface area contributed by atoms with Gasteiger partial charge in [-0.2, -0.15) is 4.98 Å². The summed E-state index contributed by atoms with van der Waals surface area (Å²) in [5.74, 6) is 2.40. The van der Waals surface area contributed by atoms with E-state index in [2.05, 4.69) is 22.3 Å². The third-order valence-corrected chi connectivity index (χ3v) is 3.84. The minimum Gasteiger partial charge on any atom is -0.353 e. The maximum absolute atomic E-state index is 4.46. The van der Waals surface area contributed by atoms with Crippen molar-refractivity contribution < 1.29 is 0 Å². The predicted octanol–water partition coefficient (Wildman–Crippen LogP) is 2.97. The van der Waals surface area contributed by atoms with Crippen LogP contribution >= 0.6 is 0 Å². The normalized spacial score (nSPS) is 24.3. The molecule has 0 bridgehead atoms. The zero-order valence-corrected chi connectivity index (χ0v) is 10.8. The van der Waals surface area contributed by atoms with Gasteiger partial charge in [-0.1, -0.05) is 25.8 Å². The summed E-state index contributed by atoms with van der Waals surface area (Å²) in [6.45, 7) is 3.36. The van der Waals surface area contributed by atoms with E-state index in [9.17, 15) is 0 Å². The maximum atomic E-state index is 4.46. The van der Waals surface area contributed by atoms with Crippen LogP contribution in [0.25, 0.3) is 5.65 Å². The maximum Gasteiger partial charge on any atom is 0.243 e. The minimum atomic E-state index is 0.749. The Morgan fingerprint density at radius 3 is 3.17 bits per heavy atom. The van der Waals surface area contributed by atoms with Gasteiger partial charge in [-0.25, -0.2) is 4.52 Å². The Balaban J connectivity index is 1.62. The van der Waals surface area contributed by atoms with E-state index >= 15 is 0 Å². The van der Waals surface area contributed by atoms with Crippen LogP contribution in [0.4, 0.5) is 5.95 Å². The standard InChI is InChI=1S/C14H20N4/c1-11-5-4-6-12(9-11)10-15-14-16-13-7-2-3-8-18(13)17-14/h2-3,7-8,11-12H,4-6,9-10H2,1H3,(H,15,17). The van der Waals surface area contributed by atoms with E-state index < -0.39 is 0 Å². The van der Waals surface area contributed by atoms with Crippen LogP contribution in [-0.4, -0.2) is 21.1 Å². The first-order valence-corrected chi connectivity index (χ1v) is 6.86. The van der Waals surface area contributed by atoms with Gasteiger partial charge in [-0.3, -0.25) is 0 Å². The van der Waals surface area contributed by atoms with Gasteiger partial charge >= 0.3 is 0 Å². The third-order valence-electron chi connectivity index (χ3n) is 3.84. The van der Waals surface area contributed by atoms with Crippen molar-refractivity contribution in [3.63, 3.8) is 0 Å². The smallest absolute Gasteiger partial charge is 0.243 e. The van der Waals surface area contributed by atoms with Crippen LogP contribution in [-0.2, 0) is 0 Å². The van der Waals surface area contributed by atoms with Gasteiger partial charge < -0.3 is 5.32 Å². The van der Waals surface area contributed by atoms with Crippen molar-refractivity contribution in [2.45, 2.75) is 32.6 Å². The molecule has 0 radical (unpaired) electrons. The lowest BCUT2D eigenvalue weighted by Crippen LogP contribution is -2.21. The molecule has 2 atom stereocenters. The molecule has 2 unspecified atom stereocenters. The molecule has 2 heterocycles. The van der Waals surface area contributed by atoms with Crippen LogP contribution in [0.1, 0.15) is 32.6 Å². The van der Waals surface area contributed by atoms with Crippen molar-refractivity contribution in [2.75, 3.05) is 11.9 Å². The monoisotopic (exact) mass is 244 g/mol. The molecule has 4 heteroatoms. The lowest BCUT2D eigenvalue weighted by Gasteiger charge is -2.26. The molecule has 18 heavy (non-hydrogen) atoms. The summed E-state index contributed by atoms with van der Waals surface area (Å²) in [5, 5.41) is 7.79. The molecular weight excluding hydrogens is 224 g/mol. The molecule has 1 fully saturated rings. The van der Waals surface area contributed by atoms with Crippen LogP contribution < -0.4 is 5.32 Å². The molecule has 1 aliphatic rings. The molecule has 0 saturated heterocycles. The summed E-state index contributed by atoms with van der Waals surface area (Å²) in [5.41, 5.74) is 0.900. The fourth-order valence-corrected chi connectivity index (χ4v) is 2.89. The molecule has 3 rings (SSSR count). The number of rotatable bonds is 3. The molecule has 4 nitrogen and oxygen atoms in total. The van der Waals surface area contributed by atoms with Gasteiger partial charge in [0, 0.05) is 12.7 Å². The fraction of sp³-hybridized carbons (Fsp3) is 0.571. The molecule has 1 saturated carbocycles. The van der Waals surface area contributed by atoms with E-state index in [1.807, 2.05) is 28.9 Å². The quantitative estimate of drug-likeness (QED) is 0.902. The Morgan fingerprint density at radius 1 is 1.39 bits per heavy atom.